The summed E-state index contributed by atoms with van der Waals surface area (Å²) in [5.74, 6) is 0. The van der Waals surface area contributed by atoms with Gasteiger partial charge in [-0.05, 0) is 41.5 Å². The molecule has 0 heterocycles. The van der Waals surface area contributed by atoms with Gasteiger partial charge in [-0.15, -0.1) is 0 Å². The smallest absolute Gasteiger partial charge is 0.149 e. The Hall–Kier alpha value is 0.270. The summed E-state index contributed by atoms with van der Waals surface area (Å²) in [7, 11) is 0. The lowest BCUT2D eigenvalue weighted by molar-refractivity contribution is 0.461. The summed E-state index contributed by atoms with van der Waals surface area (Å²) in [6.45, 7) is 2.20. The topological polar surface area (TPSA) is 20.2 Å². The van der Waals surface area contributed by atoms with E-state index in [0.29, 0.717) is 3.77 Å². The van der Waals surface area contributed by atoms with Gasteiger partial charge >= 0.3 is 0 Å². The highest BCUT2D eigenvalue weighted by atomic mass is 127. The van der Waals surface area contributed by atoms with Gasteiger partial charge in [-0.2, -0.15) is 0 Å². The molecule has 0 spiro atoms. The molecule has 0 aliphatic rings. The van der Waals surface area contributed by atoms with E-state index in [1.54, 1.807) is 0 Å². The van der Waals surface area contributed by atoms with Crippen LogP contribution in [0.25, 0.3) is 0 Å². The van der Waals surface area contributed by atoms with Gasteiger partial charge < -0.3 is 5.11 Å². The van der Waals surface area contributed by atoms with Crippen molar-refractivity contribution in [3.05, 3.63) is 9.84 Å². The lowest BCUT2D eigenvalue weighted by Gasteiger charge is -1.93. The van der Waals surface area contributed by atoms with Crippen molar-refractivity contribution in [1.29, 1.82) is 0 Å². The largest absolute Gasteiger partial charge is 0.503 e. The highest BCUT2D eigenvalue weighted by molar-refractivity contribution is 14.1. The van der Waals surface area contributed by atoms with Gasteiger partial charge in [0.1, 0.15) is 3.77 Å². The molecule has 2 heteroatoms. The Balaban J connectivity index is 2.98. The molecule has 0 aliphatic heterocycles. The normalized spacial score (nSPS) is 12.0. The van der Waals surface area contributed by atoms with Gasteiger partial charge in [0, 0.05) is 0 Å². The molecule has 60 valence electrons. The molecule has 0 saturated heterocycles. The van der Waals surface area contributed by atoms with Gasteiger partial charge in [0.2, 0.25) is 0 Å². The predicted octanol–water partition coefficient (Wildman–Crippen LogP) is 3.79. The minimum Gasteiger partial charge on any atom is -0.503 e. The minimum atomic E-state index is 0.425. The van der Waals surface area contributed by atoms with E-state index >= 15 is 0 Å². The molecule has 0 unspecified atom stereocenters. The van der Waals surface area contributed by atoms with Crippen molar-refractivity contribution in [3.8, 4) is 0 Å². The Morgan fingerprint density at radius 2 is 2.10 bits per heavy atom. The zero-order valence-electron chi connectivity index (χ0n) is 6.44. The van der Waals surface area contributed by atoms with Gasteiger partial charge in [0.25, 0.3) is 0 Å². The number of hydrogen-bond acceptors (Lipinski definition) is 1. The van der Waals surface area contributed by atoms with E-state index in [0.717, 1.165) is 6.42 Å². The monoisotopic (exact) mass is 254 g/mol. The molecule has 1 N–H and O–H groups in total. The Morgan fingerprint density at radius 3 is 2.60 bits per heavy atom. The molecule has 0 radical (unpaired) electrons. The van der Waals surface area contributed by atoms with Crippen LogP contribution in [0.5, 0.6) is 0 Å². The first-order valence-electron chi connectivity index (χ1n) is 3.82. The number of aliphatic hydroxyl groups excluding tert-OH is 1. The third-order valence-corrected chi connectivity index (χ3v) is 1.81. The second-order valence-corrected chi connectivity index (χ2v) is 3.48. The average molecular weight is 254 g/mol. The van der Waals surface area contributed by atoms with E-state index in [9.17, 15) is 0 Å². The molecule has 0 rings (SSSR count). The molecule has 0 bridgehead atoms. The van der Waals surface area contributed by atoms with Crippen molar-refractivity contribution in [3.63, 3.8) is 0 Å². The van der Waals surface area contributed by atoms with E-state index in [1.807, 2.05) is 28.7 Å². The summed E-state index contributed by atoms with van der Waals surface area (Å²) in [5, 5.41) is 8.76. The van der Waals surface area contributed by atoms with Crippen LogP contribution in [-0.4, -0.2) is 5.11 Å². The first-order valence-corrected chi connectivity index (χ1v) is 4.90. The average Bonchev–Trinajstić information content (AvgIpc) is 1.87. The van der Waals surface area contributed by atoms with Crippen LogP contribution in [0, 0.1) is 0 Å². The Kier molecular flexibility index (Phi) is 7.58. The molecule has 10 heavy (non-hydrogen) atoms. The zero-order chi connectivity index (χ0) is 7.82. The van der Waals surface area contributed by atoms with E-state index in [-0.39, 0.29) is 0 Å². The van der Waals surface area contributed by atoms with Gasteiger partial charge in [0.15, 0.2) is 0 Å². The Bertz CT molecular complexity index is 95.4. The number of hydrogen-bond donors (Lipinski definition) is 1. The standard InChI is InChI=1S/C8H15IO/c1-2-3-4-5-6-7-8(9)10/h7,10H,2-6H2,1H3. The molecule has 0 aliphatic carbocycles. The summed E-state index contributed by atoms with van der Waals surface area (Å²) in [5.41, 5.74) is 0. The molecular weight excluding hydrogens is 239 g/mol. The molecule has 0 aromatic heterocycles. The highest BCUT2D eigenvalue weighted by Gasteiger charge is 1.86. The van der Waals surface area contributed by atoms with Crippen LogP contribution in [0.4, 0.5) is 0 Å². The quantitative estimate of drug-likeness (QED) is 0.449. The number of aliphatic hydroxyl groups is 1. The summed E-state index contributed by atoms with van der Waals surface area (Å²) < 4.78 is 0.425. The molecule has 0 amide bonds. The van der Waals surface area contributed by atoms with Crippen molar-refractivity contribution in [2.24, 2.45) is 0 Å². The summed E-state index contributed by atoms with van der Waals surface area (Å²) in [6.07, 6.45) is 7.98. The molecule has 1 nitrogen and oxygen atoms in total. The molecule has 0 aromatic rings. The third kappa shape index (κ3) is 8.27. The van der Waals surface area contributed by atoms with E-state index < -0.39 is 0 Å². The number of unbranched alkanes of at least 4 members (excludes halogenated alkanes) is 4. The van der Waals surface area contributed by atoms with Gasteiger partial charge in [-0.3, -0.25) is 0 Å². The van der Waals surface area contributed by atoms with Crippen molar-refractivity contribution < 1.29 is 5.11 Å². The number of halogens is 1. The van der Waals surface area contributed by atoms with Crippen LogP contribution < -0.4 is 0 Å². The van der Waals surface area contributed by atoms with Crippen LogP contribution >= 0.6 is 22.6 Å². The second kappa shape index (κ2) is 7.38. The van der Waals surface area contributed by atoms with Crippen LogP contribution in [0.15, 0.2) is 9.84 Å². The van der Waals surface area contributed by atoms with E-state index in [1.165, 1.54) is 25.7 Å². The third-order valence-electron chi connectivity index (χ3n) is 1.37. The zero-order valence-corrected chi connectivity index (χ0v) is 8.60. The molecule has 0 fully saturated rings. The van der Waals surface area contributed by atoms with Crippen LogP contribution in [0.2, 0.25) is 0 Å². The fraction of sp³-hybridized carbons (Fsp3) is 0.750. The van der Waals surface area contributed by atoms with E-state index in [4.69, 9.17) is 5.11 Å². The lowest BCUT2D eigenvalue weighted by atomic mass is 10.2. The highest BCUT2D eigenvalue weighted by Crippen LogP contribution is 2.07. The second-order valence-electron chi connectivity index (χ2n) is 2.38. The van der Waals surface area contributed by atoms with Gasteiger partial charge in [-0.25, -0.2) is 0 Å². The molecular formula is C8H15IO. The summed E-state index contributed by atoms with van der Waals surface area (Å²) in [4.78, 5) is 0. The first-order chi connectivity index (χ1) is 4.77. The van der Waals surface area contributed by atoms with Crippen molar-refractivity contribution >= 4 is 22.6 Å². The Labute approximate surface area is 76.7 Å². The van der Waals surface area contributed by atoms with Crippen molar-refractivity contribution in [2.45, 2.75) is 39.0 Å². The van der Waals surface area contributed by atoms with Crippen molar-refractivity contribution in [1.82, 2.24) is 0 Å². The Morgan fingerprint density at radius 1 is 1.40 bits per heavy atom. The minimum absolute atomic E-state index is 0.425. The maximum absolute atomic E-state index is 8.76. The number of rotatable bonds is 5. The van der Waals surface area contributed by atoms with Crippen LogP contribution in [-0.2, 0) is 0 Å². The molecule has 0 aromatic carbocycles. The molecule has 0 saturated carbocycles. The van der Waals surface area contributed by atoms with Gasteiger partial charge in [-0.1, -0.05) is 26.2 Å². The van der Waals surface area contributed by atoms with Crippen LogP contribution in [0.3, 0.4) is 0 Å². The fourth-order valence-electron chi connectivity index (χ4n) is 0.792. The predicted molar refractivity (Wildman–Crippen MR) is 53.5 cm³/mol. The summed E-state index contributed by atoms with van der Waals surface area (Å²) in [6, 6.07) is 0. The van der Waals surface area contributed by atoms with Gasteiger partial charge in [0.05, 0.1) is 0 Å². The number of allylic oxidation sites excluding steroid dienone is 1. The lowest BCUT2D eigenvalue weighted by Crippen LogP contribution is -1.74. The summed E-state index contributed by atoms with van der Waals surface area (Å²) >= 11 is 1.92. The first kappa shape index (κ1) is 10.3. The maximum atomic E-state index is 8.76. The molecule has 0 atom stereocenters. The van der Waals surface area contributed by atoms with Crippen molar-refractivity contribution in [2.75, 3.05) is 0 Å². The van der Waals surface area contributed by atoms with E-state index in [2.05, 4.69) is 6.92 Å². The fourth-order valence-corrected chi connectivity index (χ4v) is 1.10. The maximum Gasteiger partial charge on any atom is 0.149 e. The SMILES string of the molecule is CCCCCCC=C(O)I. The van der Waals surface area contributed by atoms with Crippen LogP contribution in [0.1, 0.15) is 39.0 Å².